The zero-order valence-electron chi connectivity index (χ0n) is 31.6. The van der Waals surface area contributed by atoms with E-state index in [-0.39, 0.29) is 0 Å². The summed E-state index contributed by atoms with van der Waals surface area (Å²) in [6, 6.07) is 70.3. The fourth-order valence-corrected chi connectivity index (χ4v) is 8.38. The van der Waals surface area contributed by atoms with Gasteiger partial charge < -0.3 is 9.80 Å². The smallest absolute Gasteiger partial charge is 0.0493 e. The highest BCUT2D eigenvalue weighted by atomic mass is 15.1. The van der Waals surface area contributed by atoms with E-state index in [0.717, 1.165) is 46.1 Å². The molecule has 0 fully saturated rings. The van der Waals surface area contributed by atoms with Crippen LogP contribution in [0.15, 0.2) is 225 Å². The van der Waals surface area contributed by atoms with Crippen LogP contribution in [0.3, 0.4) is 0 Å². The number of rotatable bonds is 6. The number of benzene rings is 9. The topological polar surface area (TPSA) is 6.48 Å². The number of allylic oxidation sites excluding steroid dienone is 4. The lowest BCUT2D eigenvalue weighted by Gasteiger charge is -2.27. The summed E-state index contributed by atoms with van der Waals surface area (Å²) in [5, 5.41) is 7.64. The molecule has 0 aromatic heterocycles. The minimum Gasteiger partial charge on any atom is -0.337 e. The molecule has 0 radical (unpaired) electrons. The van der Waals surface area contributed by atoms with Gasteiger partial charge in [0.05, 0.1) is 0 Å². The second-order valence-corrected chi connectivity index (χ2v) is 14.6. The van der Waals surface area contributed by atoms with Crippen LogP contribution >= 0.6 is 0 Å². The van der Waals surface area contributed by atoms with E-state index >= 15 is 0 Å². The molecule has 2 nitrogen and oxygen atoms in total. The Morgan fingerprint density at radius 2 is 0.895 bits per heavy atom. The van der Waals surface area contributed by atoms with Gasteiger partial charge in [-0.15, -0.1) is 0 Å². The Hall–Kier alpha value is -7.42. The van der Waals surface area contributed by atoms with Gasteiger partial charge in [-0.25, -0.2) is 0 Å². The highest BCUT2D eigenvalue weighted by molar-refractivity contribution is 6.25. The molecule has 57 heavy (non-hydrogen) atoms. The minimum absolute atomic E-state index is 0.779. The lowest BCUT2D eigenvalue weighted by atomic mass is 9.94. The molecular weight excluding hydrogens is 689 g/mol. The van der Waals surface area contributed by atoms with Gasteiger partial charge in [-0.1, -0.05) is 164 Å². The normalized spacial score (nSPS) is 13.8. The molecule has 0 saturated carbocycles. The molecule has 0 spiro atoms. The van der Waals surface area contributed by atoms with Crippen molar-refractivity contribution in [2.75, 3.05) is 16.3 Å². The Morgan fingerprint density at radius 3 is 1.54 bits per heavy atom. The largest absolute Gasteiger partial charge is 0.337 e. The van der Waals surface area contributed by atoms with Crippen molar-refractivity contribution >= 4 is 66.3 Å². The molecule has 0 atom stereocenters. The van der Waals surface area contributed by atoms with Gasteiger partial charge in [0, 0.05) is 40.5 Å². The number of hydrogen-bond acceptors (Lipinski definition) is 2. The van der Waals surface area contributed by atoms with Crippen molar-refractivity contribution in [3.63, 3.8) is 0 Å². The molecule has 1 aliphatic rings. The number of fused-ring (bicyclic) bond motifs is 7. The Kier molecular flexibility index (Phi) is 8.78. The van der Waals surface area contributed by atoms with E-state index in [1.165, 1.54) is 54.6 Å². The summed E-state index contributed by atoms with van der Waals surface area (Å²) in [7, 11) is 0. The minimum atomic E-state index is 0.779. The molecule has 270 valence electrons. The predicted octanol–water partition coefficient (Wildman–Crippen LogP) is 15.2. The molecule has 1 aliphatic heterocycles. The van der Waals surface area contributed by atoms with Crippen LogP contribution in [-0.2, 0) is 0 Å². The summed E-state index contributed by atoms with van der Waals surface area (Å²) in [6.45, 7) is 5.24. The van der Waals surface area contributed by atoms with Gasteiger partial charge in [0.1, 0.15) is 0 Å². The third-order valence-electron chi connectivity index (χ3n) is 11.2. The maximum Gasteiger partial charge on any atom is 0.0493 e. The zero-order chi connectivity index (χ0) is 38.1. The molecule has 2 heteroatoms. The van der Waals surface area contributed by atoms with Gasteiger partial charge in [-0.3, -0.25) is 0 Å². The SMILES string of the molecule is C=C1/C=C\C=C/CN(c2ccccc2)c2ccc(-c3ccc(-c4ccc(N(c5ccccc5)c5ccc6c7ccccc7c7ccccc7c6c5)cc4)cc3)cc21. The first-order valence-corrected chi connectivity index (χ1v) is 19.6. The van der Waals surface area contributed by atoms with Crippen LogP contribution < -0.4 is 9.80 Å². The molecule has 0 N–H and O–H groups in total. The molecular formula is C55H40N2. The second kappa shape index (κ2) is 14.7. The Balaban J connectivity index is 0.982. The molecule has 0 amide bonds. The third-order valence-corrected chi connectivity index (χ3v) is 11.2. The molecule has 0 aliphatic carbocycles. The molecule has 0 saturated heterocycles. The molecule has 0 bridgehead atoms. The van der Waals surface area contributed by atoms with Gasteiger partial charge in [0.15, 0.2) is 0 Å². The Morgan fingerprint density at radius 1 is 0.404 bits per heavy atom. The maximum atomic E-state index is 4.46. The summed E-state index contributed by atoms with van der Waals surface area (Å²) in [5.41, 5.74) is 12.5. The molecule has 0 unspecified atom stereocenters. The molecule has 9 aromatic rings. The van der Waals surface area contributed by atoms with E-state index in [1.54, 1.807) is 0 Å². The second-order valence-electron chi connectivity index (χ2n) is 14.6. The lowest BCUT2D eigenvalue weighted by molar-refractivity contribution is 1.09. The maximum absolute atomic E-state index is 4.46. The summed E-state index contributed by atoms with van der Waals surface area (Å²) in [5.74, 6) is 0. The first-order chi connectivity index (χ1) is 28.2. The standard InChI is InChI=1S/C55H40N2/c1-39-15-5-4-14-36-56(44-16-6-2-7-17-44)55-35-30-43(37-53(39)55)42-26-24-40(25-27-42)41-28-31-46(32-29-41)57(45-18-8-3-9-19-45)47-33-34-52-50-22-11-10-20-48(50)49-21-12-13-23-51(49)54(52)38-47/h2-35,37-38H,1,36H2/b14-4-,15-5-. The molecule has 9 aromatic carbocycles. The van der Waals surface area contributed by atoms with Crippen LogP contribution in [0.25, 0.3) is 60.1 Å². The number of para-hydroxylation sites is 2. The average molecular weight is 729 g/mol. The quantitative estimate of drug-likeness (QED) is 0.157. The van der Waals surface area contributed by atoms with E-state index < -0.39 is 0 Å². The molecule has 10 rings (SSSR count). The van der Waals surface area contributed by atoms with Crippen molar-refractivity contribution in [2.24, 2.45) is 0 Å². The first-order valence-electron chi connectivity index (χ1n) is 19.6. The summed E-state index contributed by atoms with van der Waals surface area (Å²) in [4.78, 5) is 4.71. The van der Waals surface area contributed by atoms with Crippen LogP contribution in [0, 0.1) is 0 Å². The van der Waals surface area contributed by atoms with E-state index in [2.05, 4.69) is 235 Å². The van der Waals surface area contributed by atoms with E-state index in [1.807, 2.05) is 0 Å². The van der Waals surface area contributed by atoms with Crippen LogP contribution in [0.2, 0.25) is 0 Å². The van der Waals surface area contributed by atoms with Gasteiger partial charge in [0.25, 0.3) is 0 Å². The van der Waals surface area contributed by atoms with Gasteiger partial charge in [-0.05, 0) is 121 Å². The Labute approximate surface area is 334 Å². The van der Waals surface area contributed by atoms with Crippen molar-refractivity contribution in [3.05, 3.63) is 231 Å². The van der Waals surface area contributed by atoms with E-state index in [0.29, 0.717) is 0 Å². The van der Waals surface area contributed by atoms with Crippen molar-refractivity contribution in [1.82, 2.24) is 0 Å². The predicted molar refractivity (Wildman–Crippen MR) is 245 cm³/mol. The fraction of sp³-hybridized carbons (Fsp3) is 0.0182. The number of nitrogens with zero attached hydrogens (tertiary/aromatic N) is 2. The lowest BCUT2D eigenvalue weighted by Crippen LogP contribution is -2.18. The summed E-state index contributed by atoms with van der Waals surface area (Å²) in [6.07, 6.45) is 8.47. The third kappa shape index (κ3) is 6.38. The van der Waals surface area contributed by atoms with Gasteiger partial charge in [0.2, 0.25) is 0 Å². The van der Waals surface area contributed by atoms with Crippen LogP contribution in [0.1, 0.15) is 5.56 Å². The van der Waals surface area contributed by atoms with Gasteiger partial charge >= 0.3 is 0 Å². The monoisotopic (exact) mass is 728 g/mol. The molecule has 1 heterocycles. The van der Waals surface area contributed by atoms with Crippen LogP contribution in [0.4, 0.5) is 28.4 Å². The average Bonchev–Trinajstić information content (AvgIpc) is 3.36. The summed E-state index contributed by atoms with van der Waals surface area (Å²) < 4.78 is 0. The zero-order valence-corrected chi connectivity index (χ0v) is 31.6. The number of hydrogen-bond donors (Lipinski definition) is 0. The van der Waals surface area contributed by atoms with Crippen molar-refractivity contribution < 1.29 is 0 Å². The van der Waals surface area contributed by atoms with Crippen LogP contribution in [-0.4, -0.2) is 6.54 Å². The van der Waals surface area contributed by atoms with Crippen molar-refractivity contribution in [2.45, 2.75) is 0 Å². The van der Waals surface area contributed by atoms with Crippen LogP contribution in [0.5, 0.6) is 0 Å². The van der Waals surface area contributed by atoms with Crippen molar-refractivity contribution in [1.29, 1.82) is 0 Å². The van der Waals surface area contributed by atoms with E-state index in [9.17, 15) is 0 Å². The first kappa shape index (κ1) is 34.1. The van der Waals surface area contributed by atoms with E-state index in [4.69, 9.17) is 0 Å². The number of anilines is 5. The Bertz CT molecular complexity index is 2940. The highest BCUT2D eigenvalue weighted by Gasteiger charge is 2.18. The fourth-order valence-electron chi connectivity index (χ4n) is 8.38. The van der Waals surface area contributed by atoms with Crippen molar-refractivity contribution in [3.8, 4) is 22.3 Å². The highest BCUT2D eigenvalue weighted by Crippen LogP contribution is 2.42. The summed E-state index contributed by atoms with van der Waals surface area (Å²) >= 11 is 0. The van der Waals surface area contributed by atoms with Gasteiger partial charge in [-0.2, -0.15) is 0 Å².